The standard InChI is InChI=1S/C7H10N4O2/c1-10-5-4(8-3-9-5)6(12)11(2)7(10)13/h8-9H,3H2,1-2H3. The SMILES string of the molecule is Cn1c2c(c(=O)n(C)c1=O)NCN2. The molecule has 0 spiro atoms. The first kappa shape index (κ1) is 7.90. The predicted molar refractivity (Wildman–Crippen MR) is 49.0 cm³/mol. The van der Waals surface area contributed by atoms with Gasteiger partial charge in [0.15, 0.2) is 0 Å². The van der Waals surface area contributed by atoms with Crippen LogP contribution in [-0.2, 0) is 14.1 Å². The topological polar surface area (TPSA) is 68.1 Å². The lowest BCUT2D eigenvalue weighted by molar-refractivity contribution is 0.699. The quantitative estimate of drug-likeness (QED) is 0.533. The summed E-state index contributed by atoms with van der Waals surface area (Å²) in [5, 5.41) is 5.79. The van der Waals surface area contributed by atoms with Crippen molar-refractivity contribution in [2.24, 2.45) is 14.1 Å². The van der Waals surface area contributed by atoms with Gasteiger partial charge in [0.2, 0.25) is 0 Å². The summed E-state index contributed by atoms with van der Waals surface area (Å²) in [5.41, 5.74) is -0.146. The van der Waals surface area contributed by atoms with Crippen molar-refractivity contribution in [2.75, 3.05) is 17.3 Å². The fraction of sp³-hybridized carbons (Fsp3) is 0.429. The number of fused-ring (bicyclic) bond motifs is 1. The lowest BCUT2D eigenvalue weighted by Gasteiger charge is -2.06. The van der Waals surface area contributed by atoms with Gasteiger partial charge in [0.1, 0.15) is 11.5 Å². The second-order valence-corrected chi connectivity index (χ2v) is 2.96. The maximum atomic E-state index is 11.5. The molecule has 2 rings (SSSR count). The van der Waals surface area contributed by atoms with E-state index in [0.29, 0.717) is 18.2 Å². The van der Waals surface area contributed by atoms with Gasteiger partial charge in [-0.15, -0.1) is 0 Å². The molecular formula is C7H10N4O2. The predicted octanol–water partition coefficient (Wildman–Crippen LogP) is -1.12. The number of nitrogens with one attached hydrogen (secondary N) is 2. The normalized spacial score (nSPS) is 13.4. The molecule has 0 saturated heterocycles. The van der Waals surface area contributed by atoms with Crippen molar-refractivity contribution in [3.63, 3.8) is 0 Å². The molecule has 0 unspecified atom stereocenters. The van der Waals surface area contributed by atoms with Crippen molar-refractivity contribution < 1.29 is 0 Å². The highest BCUT2D eigenvalue weighted by Crippen LogP contribution is 2.17. The first-order valence-corrected chi connectivity index (χ1v) is 3.90. The van der Waals surface area contributed by atoms with Crippen molar-refractivity contribution in [1.82, 2.24) is 9.13 Å². The van der Waals surface area contributed by atoms with Crippen LogP contribution in [0.2, 0.25) is 0 Å². The fourth-order valence-electron chi connectivity index (χ4n) is 1.43. The highest BCUT2D eigenvalue weighted by Gasteiger charge is 2.18. The molecule has 0 radical (unpaired) electrons. The van der Waals surface area contributed by atoms with Crippen LogP contribution in [0.1, 0.15) is 0 Å². The van der Waals surface area contributed by atoms with Gasteiger partial charge >= 0.3 is 5.69 Å². The van der Waals surface area contributed by atoms with Crippen LogP contribution < -0.4 is 21.9 Å². The zero-order valence-corrected chi connectivity index (χ0v) is 7.42. The summed E-state index contributed by atoms with van der Waals surface area (Å²) in [6.07, 6.45) is 0. The van der Waals surface area contributed by atoms with Crippen LogP contribution in [0.3, 0.4) is 0 Å². The minimum Gasteiger partial charge on any atom is -0.360 e. The number of hydrogen-bond donors (Lipinski definition) is 2. The van der Waals surface area contributed by atoms with Gasteiger partial charge in [0, 0.05) is 14.1 Å². The number of anilines is 2. The van der Waals surface area contributed by atoms with Crippen molar-refractivity contribution >= 4 is 11.5 Å². The molecule has 1 aliphatic heterocycles. The Balaban J connectivity index is 2.93. The van der Waals surface area contributed by atoms with Crippen LogP contribution in [0.4, 0.5) is 11.5 Å². The molecule has 0 fully saturated rings. The Morgan fingerprint density at radius 2 is 1.85 bits per heavy atom. The van der Waals surface area contributed by atoms with Crippen LogP contribution in [0.5, 0.6) is 0 Å². The summed E-state index contributed by atoms with van der Waals surface area (Å²) in [7, 11) is 3.09. The van der Waals surface area contributed by atoms with Gasteiger partial charge in [-0.25, -0.2) is 4.79 Å². The summed E-state index contributed by atoms with van der Waals surface area (Å²) in [6.45, 7) is 0.488. The molecule has 0 atom stereocenters. The Kier molecular flexibility index (Phi) is 1.45. The minimum atomic E-state index is -0.319. The van der Waals surface area contributed by atoms with Crippen LogP contribution in [0, 0.1) is 0 Å². The summed E-state index contributed by atoms with van der Waals surface area (Å²) in [6, 6.07) is 0. The molecule has 0 bridgehead atoms. The Morgan fingerprint density at radius 1 is 1.15 bits per heavy atom. The molecule has 1 aliphatic rings. The second kappa shape index (κ2) is 2.38. The minimum absolute atomic E-state index is 0.289. The average Bonchev–Trinajstić information content (AvgIpc) is 2.59. The van der Waals surface area contributed by atoms with Gasteiger partial charge in [-0.05, 0) is 0 Å². The molecule has 0 aromatic carbocycles. The summed E-state index contributed by atoms with van der Waals surface area (Å²) < 4.78 is 2.50. The summed E-state index contributed by atoms with van der Waals surface area (Å²) >= 11 is 0. The van der Waals surface area contributed by atoms with Crippen molar-refractivity contribution in [3.05, 3.63) is 20.8 Å². The van der Waals surface area contributed by atoms with E-state index in [4.69, 9.17) is 0 Å². The van der Waals surface area contributed by atoms with E-state index in [-0.39, 0.29) is 11.2 Å². The third-order valence-corrected chi connectivity index (χ3v) is 2.19. The second-order valence-electron chi connectivity index (χ2n) is 2.96. The monoisotopic (exact) mass is 182 g/mol. The number of aromatic nitrogens is 2. The van der Waals surface area contributed by atoms with Gasteiger partial charge in [0.05, 0.1) is 6.67 Å². The Labute approximate surface area is 73.8 Å². The molecule has 2 N–H and O–H groups in total. The smallest absolute Gasteiger partial charge is 0.332 e. The molecular weight excluding hydrogens is 172 g/mol. The van der Waals surface area contributed by atoms with E-state index in [9.17, 15) is 9.59 Å². The Morgan fingerprint density at radius 3 is 2.54 bits per heavy atom. The van der Waals surface area contributed by atoms with Gasteiger partial charge in [-0.1, -0.05) is 0 Å². The number of hydrogen-bond acceptors (Lipinski definition) is 4. The van der Waals surface area contributed by atoms with E-state index in [1.807, 2.05) is 0 Å². The lowest BCUT2D eigenvalue weighted by atomic mass is 10.4. The molecule has 0 amide bonds. The van der Waals surface area contributed by atoms with E-state index >= 15 is 0 Å². The molecule has 2 heterocycles. The van der Waals surface area contributed by atoms with E-state index in [0.717, 1.165) is 4.57 Å². The first-order valence-electron chi connectivity index (χ1n) is 3.90. The van der Waals surface area contributed by atoms with Crippen LogP contribution >= 0.6 is 0 Å². The molecule has 70 valence electrons. The molecule has 13 heavy (non-hydrogen) atoms. The fourth-order valence-corrected chi connectivity index (χ4v) is 1.43. The molecule has 1 aromatic rings. The molecule has 0 aliphatic carbocycles. The van der Waals surface area contributed by atoms with E-state index in [1.165, 1.54) is 11.6 Å². The van der Waals surface area contributed by atoms with Crippen molar-refractivity contribution in [3.8, 4) is 0 Å². The molecule has 0 saturated carbocycles. The third kappa shape index (κ3) is 0.881. The first-order chi connectivity index (χ1) is 6.13. The number of nitrogens with zero attached hydrogens (tertiary/aromatic N) is 2. The van der Waals surface area contributed by atoms with Crippen LogP contribution in [-0.4, -0.2) is 15.8 Å². The van der Waals surface area contributed by atoms with Gasteiger partial charge in [-0.2, -0.15) is 0 Å². The Hall–Kier alpha value is -1.72. The van der Waals surface area contributed by atoms with E-state index < -0.39 is 0 Å². The lowest BCUT2D eigenvalue weighted by Crippen LogP contribution is -2.37. The summed E-state index contributed by atoms with van der Waals surface area (Å²) in [5.74, 6) is 0.563. The maximum Gasteiger partial charge on any atom is 0.332 e. The van der Waals surface area contributed by atoms with Crippen molar-refractivity contribution in [1.29, 1.82) is 0 Å². The average molecular weight is 182 g/mol. The zero-order chi connectivity index (χ0) is 9.59. The molecule has 6 nitrogen and oxygen atoms in total. The largest absolute Gasteiger partial charge is 0.360 e. The van der Waals surface area contributed by atoms with E-state index in [2.05, 4.69) is 10.6 Å². The van der Waals surface area contributed by atoms with Gasteiger partial charge in [-0.3, -0.25) is 13.9 Å². The Bertz CT molecular complexity index is 471. The van der Waals surface area contributed by atoms with Gasteiger partial charge < -0.3 is 10.6 Å². The third-order valence-electron chi connectivity index (χ3n) is 2.19. The van der Waals surface area contributed by atoms with E-state index in [1.54, 1.807) is 7.05 Å². The van der Waals surface area contributed by atoms with Gasteiger partial charge in [0.25, 0.3) is 5.56 Å². The zero-order valence-electron chi connectivity index (χ0n) is 7.42. The summed E-state index contributed by atoms with van der Waals surface area (Å²) in [4.78, 5) is 22.9. The molecule has 1 aromatic heterocycles. The highest BCUT2D eigenvalue weighted by molar-refractivity contribution is 5.68. The van der Waals surface area contributed by atoms with Crippen LogP contribution in [0.15, 0.2) is 9.59 Å². The maximum absolute atomic E-state index is 11.5. The van der Waals surface area contributed by atoms with Crippen LogP contribution in [0.25, 0.3) is 0 Å². The highest BCUT2D eigenvalue weighted by atomic mass is 16.2. The number of rotatable bonds is 0. The molecule has 6 heteroatoms. The van der Waals surface area contributed by atoms with Crippen molar-refractivity contribution in [2.45, 2.75) is 0 Å².